The van der Waals surface area contributed by atoms with Crippen LogP contribution >= 0.6 is 0 Å². The molecule has 8 aromatic carbocycles. The fourth-order valence-electron chi connectivity index (χ4n) is 7.00. The molecule has 0 saturated carbocycles. The van der Waals surface area contributed by atoms with Crippen LogP contribution in [0.5, 0.6) is 0 Å². The van der Waals surface area contributed by atoms with Gasteiger partial charge in [0, 0.05) is 0 Å². The van der Waals surface area contributed by atoms with Gasteiger partial charge >= 0.3 is 0 Å². The molecule has 0 spiro atoms. The van der Waals surface area contributed by atoms with Gasteiger partial charge in [0.25, 0.3) is 0 Å². The molecule has 1 aliphatic carbocycles. The van der Waals surface area contributed by atoms with Gasteiger partial charge < -0.3 is 0 Å². The molecule has 0 unspecified atom stereocenters. The van der Waals surface area contributed by atoms with Crippen molar-refractivity contribution in [2.24, 2.45) is 0 Å². The molecule has 180 valence electrons. The average molecular weight is 493 g/mol. The summed E-state index contributed by atoms with van der Waals surface area (Å²) in [5, 5.41) is 10.6. The third kappa shape index (κ3) is 3.00. The number of fused-ring (bicyclic) bond motifs is 4. The first kappa shape index (κ1) is 21.0. The summed E-state index contributed by atoms with van der Waals surface area (Å²) in [7, 11) is 0. The second kappa shape index (κ2) is 7.79. The summed E-state index contributed by atoms with van der Waals surface area (Å²) in [6, 6.07) is 49.8. The van der Waals surface area contributed by atoms with Crippen LogP contribution in [0.4, 0.5) is 0 Å². The minimum Gasteiger partial charge on any atom is -0.0619 e. The topological polar surface area (TPSA) is 0 Å². The minimum absolute atomic E-state index is 1.01. The van der Waals surface area contributed by atoms with Crippen LogP contribution in [0.15, 0.2) is 133 Å². The molecule has 0 fully saturated rings. The number of rotatable bonds is 2. The molecule has 0 saturated heterocycles. The largest absolute Gasteiger partial charge is 0.0619 e. The lowest BCUT2D eigenvalue weighted by molar-refractivity contribution is 1.26. The molecule has 39 heavy (non-hydrogen) atoms. The molecule has 0 aliphatic heterocycles. The minimum atomic E-state index is 1.01. The van der Waals surface area contributed by atoms with E-state index in [-0.39, 0.29) is 0 Å². The van der Waals surface area contributed by atoms with Gasteiger partial charge in [-0.25, -0.2) is 0 Å². The van der Waals surface area contributed by atoms with Gasteiger partial charge in [-0.3, -0.25) is 0 Å². The third-order valence-electron chi connectivity index (χ3n) is 8.84. The van der Waals surface area contributed by atoms with Crippen LogP contribution in [0.1, 0.15) is 11.1 Å². The zero-order chi connectivity index (χ0) is 25.5. The van der Waals surface area contributed by atoms with Gasteiger partial charge in [-0.2, -0.15) is 0 Å². The van der Waals surface area contributed by atoms with Crippen LogP contribution in [0.2, 0.25) is 0 Å². The highest BCUT2D eigenvalue weighted by Gasteiger charge is 2.21. The molecule has 1 aliphatic rings. The van der Waals surface area contributed by atoms with E-state index in [4.69, 9.17) is 0 Å². The molecule has 0 heteroatoms. The van der Waals surface area contributed by atoms with Crippen LogP contribution in [-0.4, -0.2) is 0 Å². The zero-order valence-corrected chi connectivity index (χ0v) is 21.4. The van der Waals surface area contributed by atoms with Gasteiger partial charge in [-0.1, -0.05) is 121 Å². The highest BCUT2D eigenvalue weighted by Crippen LogP contribution is 2.43. The standard InChI is InChI=1S/C39H24/c1-2-8-32-29(5-1)23-37-33(9-4-10-35(32)37)30-15-13-28-22-31(16-14-27(28)21-30)34-19-17-26-12-11-24-6-3-7-25-18-20-36(34)39(26)38(24)25/h1-22H,23H2. The van der Waals surface area contributed by atoms with Gasteiger partial charge in [0.15, 0.2) is 0 Å². The van der Waals surface area contributed by atoms with Crippen LogP contribution in [-0.2, 0) is 6.42 Å². The van der Waals surface area contributed by atoms with Gasteiger partial charge in [0.2, 0.25) is 0 Å². The van der Waals surface area contributed by atoms with Gasteiger partial charge in [-0.05, 0) is 106 Å². The summed E-state index contributed by atoms with van der Waals surface area (Å²) >= 11 is 0. The Labute approximate surface area is 227 Å². The Morgan fingerprint density at radius 3 is 1.77 bits per heavy atom. The van der Waals surface area contributed by atoms with Gasteiger partial charge in [0.05, 0.1) is 0 Å². The van der Waals surface area contributed by atoms with Crippen LogP contribution in [0, 0.1) is 0 Å². The van der Waals surface area contributed by atoms with Crippen molar-refractivity contribution in [1.29, 1.82) is 0 Å². The van der Waals surface area contributed by atoms with E-state index in [2.05, 4.69) is 133 Å². The lowest BCUT2D eigenvalue weighted by atomic mass is 9.89. The summed E-state index contributed by atoms with van der Waals surface area (Å²) in [5.74, 6) is 0. The first-order chi connectivity index (χ1) is 19.3. The van der Waals surface area contributed by atoms with E-state index in [1.54, 1.807) is 0 Å². The second-order valence-electron chi connectivity index (χ2n) is 10.9. The van der Waals surface area contributed by atoms with Crippen molar-refractivity contribution < 1.29 is 0 Å². The molecule has 0 nitrogen and oxygen atoms in total. The van der Waals surface area contributed by atoms with Crippen molar-refractivity contribution in [2.75, 3.05) is 0 Å². The Hall–Kier alpha value is -4.94. The lowest BCUT2D eigenvalue weighted by Crippen LogP contribution is -1.89. The maximum atomic E-state index is 2.36. The highest BCUT2D eigenvalue weighted by atomic mass is 14.2. The third-order valence-corrected chi connectivity index (χ3v) is 8.84. The molecule has 0 atom stereocenters. The van der Waals surface area contributed by atoms with E-state index in [1.165, 1.54) is 87.6 Å². The SMILES string of the molecule is c1ccc2c(c1)Cc1c(-c3ccc4cc(-c5ccc6ccc7cccc8ccc5c6c78)ccc4c3)cccc1-2. The van der Waals surface area contributed by atoms with Crippen LogP contribution in [0.25, 0.3) is 76.5 Å². The summed E-state index contributed by atoms with van der Waals surface area (Å²) in [6.45, 7) is 0. The molecule has 0 N–H and O–H groups in total. The van der Waals surface area contributed by atoms with E-state index in [0.717, 1.165) is 6.42 Å². The van der Waals surface area contributed by atoms with Crippen molar-refractivity contribution in [1.82, 2.24) is 0 Å². The number of benzene rings is 8. The van der Waals surface area contributed by atoms with Crippen molar-refractivity contribution in [3.05, 3.63) is 145 Å². The van der Waals surface area contributed by atoms with Crippen LogP contribution < -0.4 is 0 Å². The molecular formula is C39H24. The molecule has 8 aromatic rings. The van der Waals surface area contributed by atoms with E-state index < -0.39 is 0 Å². The number of hydrogen-bond donors (Lipinski definition) is 0. The Balaban J connectivity index is 1.18. The first-order valence-electron chi connectivity index (χ1n) is 13.7. The Bertz CT molecular complexity index is 2230. The van der Waals surface area contributed by atoms with Crippen molar-refractivity contribution >= 4 is 43.1 Å². The fraction of sp³-hybridized carbons (Fsp3) is 0.0256. The average Bonchev–Trinajstić information content (AvgIpc) is 3.38. The molecular weight excluding hydrogens is 468 g/mol. The summed E-state index contributed by atoms with van der Waals surface area (Å²) in [6.07, 6.45) is 1.01. The Morgan fingerprint density at radius 2 is 0.949 bits per heavy atom. The van der Waals surface area contributed by atoms with E-state index in [1.807, 2.05) is 0 Å². The molecule has 0 heterocycles. The van der Waals surface area contributed by atoms with Crippen molar-refractivity contribution in [2.45, 2.75) is 6.42 Å². The summed E-state index contributed by atoms with van der Waals surface area (Å²) < 4.78 is 0. The van der Waals surface area contributed by atoms with Crippen LogP contribution in [0.3, 0.4) is 0 Å². The Kier molecular flexibility index (Phi) is 4.20. The summed E-state index contributed by atoms with van der Waals surface area (Å²) in [5.41, 5.74) is 10.8. The predicted molar refractivity (Wildman–Crippen MR) is 167 cm³/mol. The van der Waals surface area contributed by atoms with Crippen molar-refractivity contribution in [3.63, 3.8) is 0 Å². The number of hydrogen-bond acceptors (Lipinski definition) is 0. The molecule has 9 rings (SSSR count). The van der Waals surface area contributed by atoms with E-state index in [9.17, 15) is 0 Å². The molecule has 0 radical (unpaired) electrons. The molecule has 0 amide bonds. The monoisotopic (exact) mass is 492 g/mol. The zero-order valence-electron chi connectivity index (χ0n) is 21.4. The quantitative estimate of drug-likeness (QED) is 0.211. The van der Waals surface area contributed by atoms with E-state index in [0.29, 0.717) is 0 Å². The maximum absolute atomic E-state index is 2.36. The smallest absolute Gasteiger partial charge is 0.000729 e. The van der Waals surface area contributed by atoms with E-state index >= 15 is 0 Å². The van der Waals surface area contributed by atoms with Gasteiger partial charge in [0.1, 0.15) is 0 Å². The highest BCUT2D eigenvalue weighted by molar-refractivity contribution is 6.25. The fourth-order valence-corrected chi connectivity index (χ4v) is 7.00. The molecule has 0 aromatic heterocycles. The second-order valence-corrected chi connectivity index (χ2v) is 10.9. The first-order valence-corrected chi connectivity index (χ1v) is 13.7. The Morgan fingerprint density at radius 1 is 0.359 bits per heavy atom. The maximum Gasteiger partial charge on any atom is -0.000729 e. The normalized spacial score (nSPS) is 12.5. The lowest BCUT2D eigenvalue weighted by Gasteiger charge is -2.15. The molecule has 0 bridgehead atoms. The summed E-state index contributed by atoms with van der Waals surface area (Å²) in [4.78, 5) is 0. The predicted octanol–water partition coefficient (Wildman–Crippen LogP) is 10.6. The van der Waals surface area contributed by atoms with Gasteiger partial charge in [-0.15, -0.1) is 0 Å². The van der Waals surface area contributed by atoms with Crippen molar-refractivity contribution in [3.8, 4) is 33.4 Å².